The average Bonchev–Trinajstić information content (AvgIpc) is 1.98. The van der Waals surface area contributed by atoms with E-state index in [4.69, 9.17) is 10.8 Å². The average molecular weight is 161 g/mol. The third-order valence-corrected chi connectivity index (χ3v) is 2.14. The molecule has 0 amide bonds. The highest BCUT2D eigenvalue weighted by Gasteiger charge is 1.95. The van der Waals surface area contributed by atoms with Crippen molar-refractivity contribution < 1.29 is 5.11 Å². The molecule has 0 heterocycles. The number of hydrogen-bond acceptors (Lipinski definition) is 3. The van der Waals surface area contributed by atoms with E-state index in [2.05, 4.69) is 0 Å². The van der Waals surface area contributed by atoms with Crippen molar-refractivity contribution in [3.8, 4) is 0 Å². The van der Waals surface area contributed by atoms with Crippen molar-refractivity contribution >= 4 is 11.8 Å². The molecule has 0 fully saturated rings. The van der Waals surface area contributed by atoms with E-state index in [-0.39, 0.29) is 6.61 Å². The summed E-state index contributed by atoms with van der Waals surface area (Å²) in [6.45, 7) is 2.86. The van der Waals surface area contributed by atoms with Crippen LogP contribution in [0.5, 0.6) is 0 Å². The third kappa shape index (κ3) is 6.13. The molecule has 0 aliphatic carbocycles. The van der Waals surface area contributed by atoms with Gasteiger partial charge in [-0.05, 0) is 0 Å². The summed E-state index contributed by atoms with van der Waals surface area (Å²) in [7, 11) is 0. The predicted molar refractivity (Wildman–Crippen MR) is 47.2 cm³/mol. The maximum absolute atomic E-state index is 8.62. The van der Waals surface area contributed by atoms with E-state index in [1.165, 1.54) is 0 Å². The fourth-order valence-corrected chi connectivity index (χ4v) is 1.12. The van der Waals surface area contributed by atoms with Crippen molar-refractivity contribution in [1.29, 1.82) is 0 Å². The molecule has 0 aromatic carbocycles. The lowest BCUT2D eigenvalue weighted by Gasteiger charge is -2.03. The Morgan fingerprint density at radius 2 is 2.30 bits per heavy atom. The largest absolute Gasteiger partial charge is 0.395 e. The Kier molecular flexibility index (Phi) is 7.13. The third-order valence-electron chi connectivity index (χ3n) is 1.04. The SMILES string of the molecule is CC(CO)SC/C=C/CN. The maximum atomic E-state index is 8.62. The lowest BCUT2D eigenvalue weighted by atomic mass is 10.5. The Bertz CT molecular complexity index is 95.6. The number of nitrogens with two attached hydrogens (primary N) is 1. The number of aliphatic hydroxyl groups is 1. The molecule has 60 valence electrons. The van der Waals surface area contributed by atoms with Gasteiger partial charge in [-0.2, -0.15) is 11.8 Å². The van der Waals surface area contributed by atoms with Crippen molar-refractivity contribution in [2.75, 3.05) is 18.9 Å². The second kappa shape index (κ2) is 7.12. The second-order valence-corrected chi connectivity index (χ2v) is 3.51. The van der Waals surface area contributed by atoms with Crippen LogP contribution in [0.1, 0.15) is 6.92 Å². The summed E-state index contributed by atoms with van der Waals surface area (Å²) in [6.07, 6.45) is 3.95. The summed E-state index contributed by atoms with van der Waals surface area (Å²) < 4.78 is 0. The number of rotatable bonds is 5. The molecule has 0 saturated heterocycles. The van der Waals surface area contributed by atoms with Gasteiger partial charge in [0.05, 0.1) is 6.61 Å². The molecule has 0 spiro atoms. The number of aliphatic hydroxyl groups excluding tert-OH is 1. The highest BCUT2D eigenvalue weighted by atomic mass is 32.2. The number of thioether (sulfide) groups is 1. The van der Waals surface area contributed by atoms with Crippen LogP contribution < -0.4 is 5.73 Å². The first-order valence-electron chi connectivity index (χ1n) is 3.38. The lowest BCUT2D eigenvalue weighted by Crippen LogP contribution is -2.02. The van der Waals surface area contributed by atoms with E-state index >= 15 is 0 Å². The maximum Gasteiger partial charge on any atom is 0.0547 e. The minimum atomic E-state index is 0.251. The number of hydrogen-bond donors (Lipinski definition) is 2. The fourth-order valence-electron chi connectivity index (χ4n) is 0.437. The molecule has 0 aromatic heterocycles. The van der Waals surface area contributed by atoms with Gasteiger partial charge in [-0.1, -0.05) is 19.1 Å². The second-order valence-electron chi connectivity index (χ2n) is 2.03. The van der Waals surface area contributed by atoms with Gasteiger partial charge in [0.15, 0.2) is 0 Å². The van der Waals surface area contributed by atoms with Gasteiger partial charge in [0, 0.05) is 17.5 Å². The van der Waals surface area contributed by atoms with Gasteiger partial charge >= 0.3 is 0 Å². The molecule has 0 bridgehead atoms. The van der Waals surface area contributed by atoms with Crippen molar-refractivity contribution in [1.82, 2.24) is 0 Å². The molecule has 0 rings (SSSR count). The topological polar surface area (TPSA) is 46.2 Å². The molecule has 3 heteroatoms. The normalized spacial score (nSPS) is 14.3. The smallest absolute Gasteiger partial charge is 0.0547 e. The Morgan fingerprint density at radius 3 is 2.80 bits per heavy atom. The van der Waals surface area contributed by atoms with Gasteiger partial charge in [0.2, 0.25) is 0 Å². The van der Waals surface area contributed by atoms with Gasteiger partial charge in [-0.25, -0.2) is 0 Å². The highest BCUT2D eigenvalue weighted by molar-refractivity contribution is 8.00. The van der Waals surface area contributed by atoms with E-state index in [0.29, 0.717) is 11.8 Å². The molecule has 1 unspecified atom stereocenters. The van der Waals surface area contributed by atoms with Crippen molar-refractivity contribution in [2.45, 2.75) is 12.2 Å². The van der Waals surface area contributed by atoms with Gasteiger partial charge in [0.1, 0.15) is 0 Å². The van der Waals surface area contributed by atoms with Gasteiger partial charge < -0.3 is 10.8 Å². The van der Waals surface area contributed by atoms with Gasteiger partial charge in [-0.3, -0.25) is 0 Å². The minimum absolute atomic E-state index is 0.251. The first-order chi connectivity index (χ1) is 4.81. The lowest BCUT2D eigenvalue weighted by molar-refractivity contribution is 0.300. The highest BCUT2D eigenvalue weighted by Crippen LogP contribution is 2.08. The first-order valence-corrected chi connectivity index (χ1v) is 4.43. The summed E-state index contributed by atoms with van der Waals surface area (Å²) >= 11 is 1.72. The van der Waals surface area contributed by atoms with E-state index in [1.54, 1.807) is 11.8 Å². The van der Waals surface area contributed by atoms with E-state index < -0.39 is 0 Å². The summed E-state index contributed by atoms with van der Waals surface area (Å²) in [4.78, 5) is 0. The molecule has 0 radical (unpaired) electrons. The quantitative estimate of drug-likeness (QED) is 0.581. The molecule has 3 N–H and O–H groups in total. The van der Waals surface area contributed by atoms with Crippen molar-refractivity contribution in [3.05, 3.63) is 12.2 Å². The van der Waals surface area contributed by atoms with Gasteiger partial charge in [-0.15, -0.1) is 0 Å². The van der Waals surface area contributed by atoms with Crippen LogP contribution >= 0.6 is 11.8 Å². The zero-order valence-electron chi connectivity index (χ0n) is 6.29. The Morgan fingerprint density at radius 1 is 1.60 bits per heavy atom. The predicted octanol–water partition coefficient (Wildman–Crippen LogP) is 0.615. The summed E-state index contributed by atoms with van der Waals surface area (Å²) in [5.74, 6) is 0.943. The molecule has 0 aliphatic rings. The molecular formula is C7H15NOS. The summed E-state index contributed by atoms with van der Waals surface area (Å²) in [5.41, 5.74) is 5.23. The van der Waals surface area contributed by atoms with Crippen LogP contribution in [0.4, 0.5) is 0 Å². The zero-order valence-corrected chi connectivity index (χ0v) is 7.10. The van der Waals surface area contributed by atoms with Gasteiger partial charge in [0.25, 0.3) is 0 Å². The van der Waals surface area contributed by atoms with Crippen LogP contribution in [0.3, 0.4) is 0 Å². The zero-order chi connectivity index (χ0) is 7.82. The molecule has 1 atom stereocenters. The van der Waals surface area contributed by atoms with Crippen LogP contribution in [0.15, 0.2) is 12.2 Å². The summed E-state index contributed by atoms with van der Waals surface area (Å²) in [6, 6.07) is 0. The molecule has 0 aromatic rings. The molecule has 0 saturated carbocycles. The van der Waals surface area contributed by atoms with Crippen LogP contribution in [0, 0.1) is 0 Å². The summed E-state index contributed by atoms with van der Waals surface area (Å²) in [5, 5.41) is 8.96. The van der Waals surface area contributed by atoms with Crippen LogP contribution in [0.2, 0.25) is 0 Å². The minimum Gasteiger partial charge on any atom is -0.395 e. The van der Waals surface area contributed by atoms with E-state index in [0.717, 1.165) is 5.75 Å². The van der Waals surface area contributed by atoms with Crippen molar-refractivity contribution in [3.63, 3.8) is 0 Å². The van der Waals surface area contributed by atoms with E-state index in [9.17, 15) is 0 Å². The van der Waals surface area contributed by atoms with Crippen LogP contribution in [-0.2, 0) is 0 Å². The monoisotopic (exact) mass is 161 g/mol. The standard InChI is InChI=1S/C7H15NOS/c1-7(6-9)10-5-3-2-4-8/h2-3,7,9H,4-6,8H2,1H3/b3-2+. The first kappa shape index (κ1) is 10.0. The molecule has 2 nitrogen and oxygen atoms in total. The molecule has 10 heavy (non-hydrogen) atoms. The van der Waals surface area contributed by atoms with Crippen LogP contribution in [0.25, 0.3) is 0 Å². The fraction of sp³-hybridized carbons (Fsp3) is 0.714. The Balaban J connectivity index is 3.10. The van der Waals surface area contributed by atoms with E-state index in [1.807, 2.05) is 19.1 Å². The Hall–Kier alpha value is 0.01000. The Labute approximate surface area is 66.5 Å². The van der Waals surface area contributed by atoms with Crippen LogP contribution in [-0.4, -0.2) is 29.3 Å². The molecular weight excluding hydrogens is 146 g/mol. The molecule has 0 aliphatic heterocycles. The van der Waals surface area contributed by atoms with Crippen molar-refractivity contribution in [2.24, 2.45) is 5.73 Å².